The van der Waals surface area contributed by atoms with Gasteiger partial charge in [-0.2, -0.15) is 0 Å². The van der Waals surface area contributed by atoms with Crippen LogP contribution in [0.2, 0.25) is 0 Å². The van der Waals surface area contributed by atoms with Crippen LogP contribution in [0.4, 0.5) is 0 Å². The fourth-order valence-electron chi connectivity index (χ4n) is 2.65. The minimum absolute atomic E-state index is 0.137. The first-order chi connectivity index (χ1) is 8.75. The second kappa shape index (κ2) is 5.59. The van der Waals surface area contributed by atoms with Crippen molar-refractivity contribution in [2.45, 2.75) is 18.3 Å². The van der Waals surface area contributed by atoms with E-state index in [1.54, 1.807) is 14.2 Å². The Morgan fingerprint density at radius 3 is 2.50 bits per heavy atom. The lowest BCUT2D eigenvalue weighted by atomic mass is 9.73. The molecule has 0 amide bonds. The quantitative estimate of drug-likeness (QED) is 0.847. The lowest BCUT2D eigenvalue weighted by molar-refractivity contribution is 0.155. The van der Waals surface area contributed by atoms with E-state index in [2.05, 4.69) is 5.32 Å². The van der Waals surface area contributed by atoms with Crippen LogP contribution in [0.5, 0.6) is 11.5 Å². The van der Waals surface area contributed by atoms with Crippen LogP contribution in [0, 0.1) is 0 Å². The maximum atomic E-state index is 9.85. The summed E-state index contributed by atoms with van der Waals surface area (Å²) in [6.07, 6.45) is 1.82. The van der Waals surface area contributed by atoms with Crippen LogP contribution >= 0.6 is 0 Å². The molecule has 1 aromatic carbocycles. The molecule has 0 spiro atoms. The molecule has 2 rings (SSSR count). The van der Waals surface area contributed by atoms with Crippen LogP contribution < -0.4 is 14.8 Å². The Morgan fingerprint density at radius 2 is 1.94 bits per heavy atom. The molecular weight excluding hydrogens is 230 g/mol. The van der Waals surface area contributed by atoms with Crippen molar-refractivity contribution < 1.29 is 14.6 Å². The van der Waals surface area contributed by atoms with Gasteiger partial charge in [-0.25, -0.2) is 0 Å². The molecule has 1 aromatic rings. The molecule has 4 heteroatoms. The molecule has 1 heterocycles. The molecule has 1 fully saturated rings. The Kier molecular flexibility index (Phi) is 4.09. The van der Waals surface area contributed by atoms with Gasteiger partial charge in [0.1, 0.15) is 11.5 Å². The van der Waals surface area contributed by atoms with E-state index >= 15 is 0 Å². The van der Waals surface area contributed by atoms with Crippen LogP contribution in [0.3, 0.4) is 0 Å². The summed E-state index contributed by atoms with van der Waals surface area (Å²) in [5.41, 5.74) is 0.832. The molecule has 0 aliphatic carbocycles. The van der Waals surface area contributed by atoms with Crippen molar-refractivity contribution in [3.05, 3.63) is 23.8 Å². The number of hydrogen-bond donors (Lipinski definition) is 2. The van der Waals surface area contributed by atoms with Gasteiger partial charge in [0, 0.05) is 11.0 Å². The van der Waals surface area contributed by atoms with E-state index in [1.807, 2.05) is 18.2 Å². The molecule has 1 saturated heterocycles. The third-order valence-corrected chi connectivity index (χ3v) is 3.84. The van der Waals surface area contributed by atoms with Gasteiger partial charge < -0.3 is 19.9 Å². The van der Waals surface area contributed by atoms with Crippen molar-refractivity contribution in [2.75, 3.05) is 33.9 Å². The zero-order chi connectivity index (χ0) is 13.0. The zero-order valence-corrected chi connectivity index (χ0v) is 11.0. The fourth-order valence-corrected chi connectivity index (χ4v) is 2.65. The summed E-state index contributed by atoms with van der Waals surface area (Å²) in [6, 6.07) is 5.78. The van der Waals surface area contributed by atoms with Crippen LogP contribution in [-0.4, -0.2) is 39.0 Å². The van der Waals surface area contributed by atoms with Crippen LogP contribution in [0.15, 0.2) is 18.2 Å². The predicted octanol–water partition coefficient (Wildman–Crippen LogP) is 1.32. The summed E-state index contributed by atoms with van der Waals surface area (Å²) < 4.78 is 10.7. The van der Waals surface area contributed by atoms with Crippen LogP contribution in [0.25, 0.3) is 0 Å². The Hall–Kier alpha value is -1.26. The second-order valence-corrected chi connectivity index (χ2v) is 4.75. The summed E-state index contributed by atoms with van der Waals surface area (Å²) in [4.78, 5) is 0. The molecule has 0 saturated carbocycles. The SMILES string of the molecule is COc1ccc(OC)c(C2(CO)CCNCC2)c1. The molecule has 0 bridgehead atoms. The van der Waals surface area contributed by atoms with E-state index in [0.29, 0.717) is 0 Å². The average molecular weight is 251 g/mol. The van der Waals surface area contributed by atoms with Gasteiger partial charge in [-0.1, -0.05) is 0 Å². The van der Waals surface area contributed by atoms with Gasteiger partial charge in [0.25, 0.3) is 0 Å². The minimum Gasteiger partial charge on any atom is -0.497 e. The van der Waals surface area contributed by atoms with Crippen molar-refractivity contribution in [3.63, 3.8) is 0 Å². The van der Waals surface area contributed by atoms with Gasteiger partial charge in [-0.3, -0.25) is 0 Å². The fraction of sp³-hybridized carbons (Fsp3) is 0.571. The molecule has 18 heavy (non-hydrogen) atoms. The Morgan fingerprint density at radius 1 is 1.22 bits per heavy atom. The molecule has 0 aromatic heterocycles. The Balaban J connectivity index is 2.44. The number of aliphatic hydroxyl groups is 1. The Labute approximate surface area is 108 Å². The van der Waals surface area contributed by atoms with E-state index in [9.17, 15) is 5.11 Å². The zero-order valence-electron chi connectivity index (χ0n) is 11.0. The van der Waals surface area contributed by atoms with Crippen molar-refractivity contribution >= 4 is 0 Å². The highest BCUT2D eigenvalue weighted by atomic mass is 16.5. The first kappa shape index (κ1) is 13.2. The molecule has 0 radical (unpaired) electrons. The molecule has 1 aliphatic rings. The summed E-state index contributed by atoms with van der Waals surface area (Å²) in [6.45, 7) is 1.97. The maximum Gasteiger partial charge on any atom is 0.122 e. The third kappa shape index (κ3) is 2.31. The smallest absolute Gasteiger partial charge is 0.122 e. The summed E-state index contributed by atoms with van der Waals surface area (Å²) in [7, 11) is 3.32. The van der Waals surface area contributed by atoms with Gasteiger partial charge in [0.2, 0.25) is 0 Å². The van der Waals surface area contributed by atoms with E-state index in [4.69, 9.17) is 9.47 Å². The molecular formula is C14H21NO3. The normalized spacial score (nSPS) is 18.4. The lowest BCUT2D eigenvalue weighted by Gasteiger charge is -2.37. The van der Waals surface area contributed by atoms with Crippen LogP contribution in [-0.2, 0) is 5.41 Å². The highest BCUT2D eigenvalue weighted by Gasteiger charge is 2.36. The van der Waals surface area contributed by atoms with Gasteiger partial charge in [0.05, 0.1) is 20.8 Å². The van der Waals surface area contributed by atoms with Crippen LogP contribution in [0.1, 0.15) is 18.4 Å². The van der Waals surface area contributed by atoms with Gasteiger partial charge >= 0.3 is 0 Å². The van der Waals surface area contributed by atoms with Crippen molar-refractivity contribution in [1.29, 1.82) is 0 Å². The number of piperidine rings is 1. The molecule has 4 nitrogen and oxygen atoms in total. The largest absolute Gasteiger partial charge is 0.497 e. The first-order valence-corrected chi connectivity index (χ1v) is 6.30. The van der Waals surface area contributed by atoms with E-state index < -0.39 is 0 Å². The molecule has 100 valence electrons. The monoisotopic (exact) mass is 251 g/mol. The predicted molar refractivity (Wildman–Crippen MR) is 70.4 cm³/mol. The number of methoxy groups -OCH3 is 2. The number of nitrogens with one attached hydrogen (secondary N) is 1. The number of aliphatic hydroxyl groups excluding tert-OH is 1. The minimum atomic E-state index is -0.217. The highest BCUT2D eigenvalue weighted by Crippen LogP contribution is 2.40. The van der Waals surface area contributed by atoms with E-state index in [0.717, 1.165) is 43.0 Å². The number of rotatable bonds is 4. The summed E-state index contributed by atoms with van der Waals surface area (Å²) in [5, 5.41) is 13.2. The molecule has 1 aliphatic heterocycles. The topological polar surface area (TPSA) is 50.7 Å². The number of benzene rings is 1. The van der Waals surface area contributed by atoms with E-state index in [1.165, 1.54) is 0 Å². The van der Waals surface area contributed by atoms with Crippen molar-refractivity contribution in [1.82, 2.24) is 5.32 Å². The lowest BCUT2D eigenvalue weighted by Crippen LogP contribution is -2.42. The number of hydrogen-bond acceptors (Lipinski definition) is 4. The van der Waals surface area contributed by atoms with Gasteiger partial charge in [-0.15, -0.1) is 0 Å². The molecule has 0 atom stereocenters. The van der Waals surface area contributed by atoms with E-state index in [-0.39, 0.29) is 12.0 Å². The standard InChI is InChI=1S/C14H21NO3/c1-17-11-3-4-13(18-2)12(9-11)14(10-16)5-7-15-8-6-14/h3-4,9,15-16H,5-8,10H2,1-2H3. The second-order valence-electron chi connectivity index (χ2n) is 4.75. The Bertz CT molecular complexity index is 400. The molecule has 0 unspecified atom stereocenters. The van der Waals surface area contributed by atoms with Gasteiger partial charge in [0.15, 0.2) is 0 Å². The average Bonchev–Trinajstić information content (AvgIpc) is 2.47. The third-order valence-electron chi connectivity index (χ3n) is 3.84. The van der Waals surface area contributed by atoms with Crippen molar-refractivity contribution in [3.8, 4) is 11.5 Å². The van der Waals surface area contributed by atoms with Crippen molar-refractivity contribution in [2.24, 2.45) is 0 Å². The molecule has 2 N–H and O–H groups in total. The summed E-state index contributed by atoms with van der Waals surface area (Å²) in [5.74, 6) is 1.63. The first-order valence-electron chi connectivity index (χ1n) is 6.30. The highest BCUT2D eigenvalue weighted by molar-refractivity contribution is 5.45. The number of ether oxygens (including phenoxy) is 2. The summed E-state index contributed by atoms with van der Waals surface area (Å²) >= 11 is 0. The van der Waals surface area contributed by atoms with Gasteiger partial charge in [-0.05, 0) is 44.1 Å². The maximum absolute atomic E-state index is 9.85.